The highest BCUT2D eigenvalue weighted by Gasteiger charge is 2.57. The van der Waals surface area contributed by atoms with Crippen molar-refractivity contribution in [1.82, 2.24) is 5.32 Å². The molecule has 0 saturated heterocycles. The molecule has 4 saturated carbocycles. The van der Waals surface area contributed by atoms with E-state index in [9.17, 15) is 0 Å². The summed E-state index contributed by atoms with van der Waals surface area (Å²) in [7, 11) is 0. The molecule has 3 N–H and O–H groups in total. The van der Waals surface area contributed by atoms with Crippen molar-refractivity contribution < 1.29 is 4.74 Å². The smallest absolute Gasteiger partial charge is 0.0591 e. The molecule has 2 atom stereocenters. The van der Waals surface area contributed by atoms with Crippen molar-refractivity contribution in [3.8, 4) is 0 Å². The molecule has 0 aromatic rings. The quantitative estimate of drug-likeness (QED) is 0.665. The summed E-state index contributed by atoms with van der Waals surface area (Å²) in [6, 6.07) is 0. The maximum atomic E-state index is 5.44. The van der Waals surface area contributed by atoms with Crippen molar-refractivity contribution in [2.75, 3.05) is 26.3 Å². The normalized spacial score (nSPS) is 44.4. The van der Waals surface area contributed by atoms with E-state index in [1.54, 1.807) is 0 Å². The van der Waals surface area contributed by atoms with Crippen molar-refractivity contribution in [3.05, 3.63) is 0 Å². The predicted molar refractivity (Wildman–Crippen MR) is 64.2 cm³/mol. The predicted octanol–water partition coefficient (Wildman–Crippen LogP) is 1.13. The molecule has 92 valence electrons. The molecular formula is C13H24N2O. The molecule has 4 aliphatic carbocycles. The Morgan fingerprint density at radius 3 is 2.56 bits per heavy atom. The summed E-state index contributed by atoms with van der Waals surface area (Å²) in [6.45, 7) is 3.16. The van der Waals surface area contributed by atoms with E-state index in [4.69, 9.17) is 10.5 Å². The molecule has 3 nitrogen and oxygen atoms in total. The fourth-order valence-corrected chi connectivity index (χ4v) is 4.64. The van der Waals surface area contributed by atoms with Crippen LogP contribution in [0.15, 0.2) is 0 Å². The van der Waals surface area contributed by atoms with E-state index in [1.165, 1.54) is 32.1 Å². The van der Waals surface area contributed by atoms with Crippen molar-refractivity contribution >= 4 is 0 Å². The van der Waals surface area contributed by atoms with E-state index < -0.39 is 0 Å². The van der Waals surface area contributed by atoms with E-state index in [0.29, 0.717) is 18.7 Å². The number of nitrogens with one attached hydrogen (secondary N) is 1. The molecule has 2 unspecified atom stereocenters. The topological polar surface area (TPSA) is 47.3 Å². The maximum Gasteiger partial charge on any atom is 0.0591 e. The van der Waals surface area contributed by atoms with E-state index in [2.05, 4.69) is 5.32 Å². The number of hydrogen-bond donors (Lipinski definition) is 2. The van der Waals surface area contributed by atoms with Crippen LogP contribution >= 0.6 is 0 Å². The molecule has 0 heterocycles. The number of nitrogens with two attached hydrogens (primary N) is 1. The molecule has 16 heavy (non-hydrogen) atoms. The Labute approximate surface area is 98.1 Å². The molecule has 0 aliphatic heterocycles. The van der Waals surface area contributed by atoms with Gasteiger partial charge in [0.1, 0.15) is 0 Å². The van der Waals surface area contributed by atoms with Gasteiger partial charge in [0.25, 0.3) is 0 Å². The van der Waals surface area contributed by atoms with Crippen LogP contribution in [0.5, 0.6) is 0 Å². The molecule has 0 aromatic carbocycles. The van der Waals surface area contributed by atoms with Gasteiger partial charge >= 0.3 is 0 Å². The first-order valence-corrected chi connectivity index (χ1v) is 6.85. The van der Waals surface area contributed by atoms with E-state index in [-0.39, 0.29) is 0 Å². The average Bonchev–Trinajstić information content (AvgIpc) is 2.64. The molecule has 3 heteroatoms. The minimum Gasteiger partial charge on any atom is -0.379 e. The van der Waals surface area contributed by atoms with E-state index in [0.717, 1.165) is 30.9 Å². The largest absolute Gasteiger partial charge is 0.379 e. The number of rotatable bonds is 6. The Morgan fingerprint density at radius 1 is 1.12 bits per heavy atom. The Balaban J connectivity index is 1.48. The first kappa shape index (κ1) is 11.0. The van der Waals surface area contributed by atoms with Gasteiger partial charge in [-0.1, -0.05) is 0 Å². The second-order valence-corrected chi connectivity index (χ2v) is 6.03. The summed E-state index contributed by atoms with van der Waals surface area (Å²) in [4.78, 5) is 0. The first-order valence-electron chi connectivity index (χ1n) is 6.85. The number of hydrogen-bond acceptors (Lipinski definition) is 3. The molecule has 0 spiro atoms. The zero-order valence-corrected chi connectivity index (χ0v) is 10.1. The monoisotopic (exact) mass is 224 g/mol. The maximum absolute atomic E-state index is 5.44. The Bertz CT molecular complexity index is 242. The Hall–Kier alpha value is -0.120. The van der Waals surface area contributed by atoms with Crippen LogP contribution in [-0.4, -0.2) is 31.8 Å². The zero-order valence-electron chi connectivity index (χ0n) is 10.1. The highest BCUT2D eigenvalue weighted by molar-refractivity contribution is 5.12. The summed E-state index contributed by atoms with van der Waals surface area (Å²) in [5, 5.41) is 3.81. The van der Waals surface area contributed by atoms with Gasteiger partial charge in [-0.2, -0.15) is 0 Å². The van der Waals surface area contributed by atoms with Crippen LogP contribution in [0.4, 0.5) is 0 Å². The first-order chi connectivity index (χ1) is 7.82. The lowest BCUT2D eigenvalue weighted by atomic mass is 9.80. The van der Waals surface area contributed by atoms with Crippen molar-refractivity contribution in [2.24, 2.45) is 23.5 Å². The highest BCUT2D eigenvalue weighted by atomic mass is 16.5. The van der Waals surface area contributed by atoms with Crippen LogP contribution < -0.4 is 11.1 Å². The Kier molecular flexibility index (Phi) is 2.94. The minimum absolute atomic E-state index is 0.514. The molecular weight excluding hydrogens is 200 g/mol. The van der Waals surface area contributed by atoms with Crippen LogP contribution in [0.1, 0.15) is 32.1 Å². The molecule has 4 rings (SSSR count). The highest BCUT2D eigenvalue weighted by Crippen LogP contribution is 2.60. The molecule has 4 aliphatic rings. The van der Waals surface area contributed by atoms with Crippen LogP contribution in [0.3, 0.4) is 0 Å². The van der Waals surface area contributed by atoms with Crippen LogP contribution in [0.2, 0.25) is 0 Å². The van der Waals surface area contributed by atoms with E-state index >= 15 is 0 Å². The summed E-state index contributed by atoms with van der Waals surface area (Å²) < 4.78 is 5.44. The van der Waals surface area contributed by atoms with Crippen molar-refractivity contribution in [1.29, 1.82) is 0 Å². The minimum atomic E-state index is 0.514. The van der Waals surface area contributed by atoms with Gasteiger partial charge in [-0.05, 0) is 49.9 Å². The second kappa shape index (κ2) is 4.28. The van der Waals surface area contributed by atoms with Crippen LogP contribution in [-0.2, 0) is 4.74 Å². The van der Waals surface area contributed by atoms with Gasteiger partial charge in [-0.25, -0.2) is 0 Å². The lowest BCUT2D eigenvalue weighted by Crippen LogP contribution is -2.47. The van der Waals surface area contributed by atoms with Crippen molar-refractivity contribution in [3.63, 3.8) is 0 Å². The molecule has 0 radical (unpaired) electrons. The second-order valence-electron chi connectivity index (χ2n) is 6.03. The van der Waals surface area contributed by atoms with Gasteiger partial charge in [0, 0.05) is 18.6 Å². The standard InChI is InChI=1S/C13H24N2O/c14-1-3-16-4-2-15-13-8-10-5-11(9-13)7-12(13)6-10/h10-12,15H,1-9,14H2. The van der Waals surface area contributed by atoms with Gasteiger partial charge in [-0.3, -0.25) is 0 Å². The van der Waals surface area contributed by atoms with Gasteiger partial charge in [0.05, 0.1) is 13.2 Å². The lowest BCUT2D eigenvalue weighted by Gasteiger charge is -2.34. The summed E-state index contributed by atoms with van der Waals surface area (Å²) in [5.74, 6) is 3.05. The van der Waals surface area contributed by atoms with Crippen LogP contribution in [0.25, 0.3) is 0 Å². The van der Waals surface area contributed by atoms with Gasteiger partial charge in [0.15, 0.2) is 0 Å². The van der Waals surface area contributed by atoms with Crippen LogP contribution in [0, 0.1) is 17.8 Å². The van der Waals surface area contributed by atoms with Gasteiger partial charge in [0.2, 0.25) is 0 Å². The number of ether oxygens (including phenoxy) is 1. The van der Waals surface area contributed by atoms with Crippen molar-refractivity contribution in [2.45, 2.75) is 37.6 Å². The van der Waals surface area contributed by atoms with Gasteiger partial charge < -0.3 is 15.8 Å². The molecule has 4 bridgehead atoms. The molecule has 4 fully saturated rings. The summed E-state index contributed by atoms with van der Waals surface area (Å²) >= 11 is 0. The third-order valence-electron chi connectivity index (χ3n) is 4.98. The molecule has 0 amide bonds. The van der Waals surface area contributed by atoms with Gasteiger partial charge in [-0.15, -0.1) is 0 Å². The average molecular weight is 224 g/mol. The Morgan fingerprint density at radius 2 is 1.88 bits per heavy atom. The fraction of sp³-hybridized carbons (Fsp3) is 1.00. The third-order valence-corrected chi connectivity index (χ3v) is 4.98. The zero-order chi connectivity index (χ0) is 11.0. The van der Waals surface area contributed by atoms with E-state index in [1.807, 2.05) is 0 Å². The SMILES string of the molecule is NCCOCCNC12CC3CC(CC1C3)C2. The summed E-state index contributed by atoms with van der Waals surface area (Å²) in [6.07, 6.45) is 7.38. The molecule has 0 aromatic heterocycles. The third kappa shape index (κ3) is 1.79. The fourth-order valence-electron chi connectivity index (χ4n) is 4.64. The lowest BCUT2D eigenvalue weighted by molar-refractivity contribution is 0.128. The summed E-state index contributed by atoms with van der Waals surface area (Å²) in [5.41, 5.74) is 5.91.